The molecule has 0 saturated carbocycles. The van der Waals surface area contributed by atoms with E-state index in [4.69, 9.17) is 23.2 Å². The molecule has 1 aliphatic rings. The van der Waals surface area contributed by atoms with Gasteiger partial charge in [-0.3, -0.25) is 0 Å². The Morgan fingerprint density at radius 2 is 1.57 bits per heavy atom. The molecule has 0 aromatic heterocycles. The van der Waals surface area contributed by atoms with Gasteiger partial charge in [-0.15, -0.1) is 0 Å². The Morgan fingerprint density at radius 1 is 0.905 bits per heavy atom. The van der Waals surface area contributed by atoms with Crippen molar-refractivity contribution in [2.45, 2.75) is 19.3 Å². The molecule has 2 rings (SSSR count). The van der Waals surface area contributed by atoms with Crippen molar-refractivity contribution in [2.24, 2.45) is 0 Å². The molecule has 0 bridgehead atoms. The van der Waals surface area contributed by atoms with Crippen molar-refractivity contribution < 1.29 is 19.4 Å². The fourth-order valence-corrected chi connectivity index (χ4v) is 2.06. The van der Waals surface area contributed by atoms with Gasteiger partial charge in [0.05, 0.1) is 5.56 Å². The molecule has 0 radical (unpaired) electrons. The molecule has 110 valence electrons. The molecule has 1 aromatic rings. The van der Waals surface area contributed by atoms with Crippen molar-refractivity contribution in [1.29, 1.82) is 0 Å². The highest BCUT2D eigenvalue weighted by Crippen LogP contribution is 2.21. The highest BCUT2D eigenvalue weighted by Gasteiger charge is 2.17. The fourth-order valence-electron chi connectivity index (χ4n) is 1.74. The standard InChI is InChI=1S/C15H12Cl2O4/c16-12-3-1-2-10(4-7-12)14(18)20-21-15(19)11-5-8-13(17)9-6-11/h4-9H,1-3H2. The van der Waals surface area contributed by atoms with Gasteiger partial charge >= 0.3 is 11.9 Å². The molecule has 0 N–H and O–H groups in total. The van der Waals surface area contributed by atoms with Gasteiger partial charge < -0.3 is 0 Å². The molecule has 0 heterocycles. The Balaban J connectivity index is 1.92. The van der Waals surface area contributed by atoms with E-state index in [9.17, 15) is 9.59 Å². The number of carbonyl (C=O) groups is 2. The van der Waals surface area contributed by atoms with E-state index >= 15 is 0 Å². The molecule has 1 aliphatic carbocycles. The van der Waals surface area contributed by atoms with Gasteiger partial charge in [0.2, 0.25) is 0 Å². The molecule has 6 heteroatoms. The summed E-state index contributed by atoms with van der Waals surface area (Å²) in [6.45, 7) is 0. The second kappa shape index (κ2) is 7.29. The summed E-state index contributed by atoms with van der Waals surface area (Å²) < 4.78 is 0. The van der Waals surface area contributed by atoms with Crippen molar-refractivity contribution >= 4 is 35.1 Å². The Bertz CT molecular complexity index is 603. The summed E-state index contributed by atoms with van der Waals surface area (Å²) in [5.41, 5.74) is 0.652. The van der Waals surface area contributed by atoms with Crippen LogP contribution in [0.1, 0.15) is 29.6 Å². The quantitative estimate of drug-likeness (QED) is 0.604. The largest absolute Gasteiger partial charge is 0.386 e. The van der Waals surface area contributed by atoms with E-state index in [2.05, 4.69) is 9.78 Å². The van der Waals surface area contributed by atoms with Gasteiger partial charge in [0.15, 0.2) is 0 Å². The lowest BCUT2D eigenvalue weighted by Gasteiger charge is -2.05. The lowest BCUT2D eigenvalue weighted by Crippen LogP contribution is -2.13. The Kier molecular flexibility index (Phi) is 5.42. The van der Waals surface area contributed by atoms with Crippen molar-refractivity contribution in [3.8, 4) is 0 Å². The maximum absolute atomic E-state index is 11.8. The third-order valence-corrected chi connectivity index (χ3v) is 3.43. The Morgan fingerprint density at radius 3 is 2.29 bits per heavy atom. The van der Waals surface area contributed by atoms with E-state index in [0.717, 1.165) is 6.42 Å². The summed E-state index contributed by atoms with van der Waals surface area (Å²) in [5.74, 6) is -1.46. The number of rotatable bonds is 2. The number of allylic oxidation sites excluding steroid dienone is 3. The minimum atomic E-state index is -0.761. The first-order chi connectivity index (χ1) is 10.1. The molecule has 0 fully saturated rings. The van der Waals surface area contributed by atoms with Crippen LogP contribution in [0, 0.1) is 0 Å². The predicted molar refractivity (Wildman–Crippen MR) is 78.8 cm³/mol. The minimum absolute atomic E-state index is 0.241. The van der Waals surface area contributed by atoms with Crippen LogP contribution < -0.4 is 0 Å². The highest BCUT2D eigenvalue weighted by molar-refractivity contribution is 6.30. The van der Waals surface area contributed by atoms with Crippen LogP contribution in [0.25, 0.3) is 0 Å². The fraction of sp³-hybridized carbons (Fsp3) is 0.200. The maximum Gasteiger partial charge on any atom is 0.386 e. The van der Waals surface area contributed by atoms with E-state index in [1.165, 1.54) is 12.1 Å². The Hall–Kier alpha value is -1.78. The van der Waals surface area contributed by atoms with Crippen LogP contribution >= 0.6 is 23.2 Å². The smallest absolute Gasteiger partial charge is 0.242 e. The van der Waals surface area contributed by atoms with Crippen LogP contribution in [0.15, 0.2) is 47.0 Å². The van der Waals surface area contributed by atoms with Crippen LogP contribution in [-0.2, 0) is 14.6 Å². The summed E-state index contributed by atoms with van der Waals surface area (Å²) >= 11 is 11.6. The van der Waals surface area contributed by atoms with Crippen molar-refractivity contribution in [1.82, 2.24) is 0 Å². The van der Waals surface area contributed by atoms with E-state index in [0.29, 0.717) is 28.5 Å². The summed E-state index contributed by atoms with van der Waals surface area (Å²) in [5, 5.41) is 1.17. The summed E-state index contributed by atoms with van der Waals surface area (Å²) in [4.78, 5) is 32.5. The van der Waals surface area contributed by atoms with Gasteiger partial charge in [-0.05, 0) is 49.6 Å². The molecule has 0 spiro atoms. The second-order valence-corrected chi connectivity index (χ2v) is 5.33. The molecule has 0 aliphatic heterocycles. The summed E-state index contributed by atoms with van der Waals surface area (Å²) in [6.07, 6.45) is 5.19. The molecule has 0 atom stereocenters. The Labute approximate surface area is 131 Å². The number of benzene rings is 1. The highest BCUT2D eigenvalue weighted by atomic mass is 35.5. The van der Waals surface area contributed by atoms with Gasteiger partial charge in [-0.2, -0.15) is 0 Å². The molecule has 0 unspecified atom stereocenters. The van der Waals surface area contributed by atoms with Gasteiger partial charge in [-0.1, -0.05) is 29.3 Å². The zero-order valence-electron chi connectivity index (χ0n) is 11.0. The normalized spacial score (nSPS) is 14.6. The molecule has 0 amide bonds. The SMILES string of the molecule is O=C(OOC(=O)c1ccc(Cl)cc1)C1=CC=C(Cl)CCC1. The van der Waals surface area contributed by atoms with Crippen LogP contribution in [0.3, 0.4) is 0 Å². The van der Waals surface area contributed by atoms with E-state index in [-0.39, 0.29) is 5.56 Å². The van der Waals surface area contributed by atoms with Gasteiger partial charge in [0.25, 0.3) is 0 Å². The van der Waals surface area contributed by atoms with E-state index in [1.54, 1.807) is 24.3 Å². The van der Waals surface area contributed by atoms with Gasteiger partial charge in [-0.25, -0.2) is 19.4 Å². The first-order valence-electron chi connectivity index (χ1n) is 6.30. The van der Waals surface area contributed by atoms with E-state index in [1.807, 2.05) is 0 Å². The van der Waals surface area contributed by atoms with Crippen molar-refractivity contribution in [3.63, 3.8) is 0 Å². The molecule has 1 aromatic carbocycles. The third kappa shape index (κ3) is 4.62. The second-order valence-electron chi connectivity index (χ2n) is 4.41. The van der Waals surface area contributed by atoms with E-state index < -0.39 is 11.9 Å². The first kappa shape index (κ1) is 15.6. The molecular weight excluding hydrogens is 315 g/mol. The predicted octanol–water partition coefficient (Wildman–Crippen LogP) is 4.19. The van der Waals surface area contributed by atoms with Crippen LogP contribution in [0.5, 0.6) is 0 Å². The topological polar surface area (TPSA) is 52.6 Å². The molecular formula is C15H12Cl2O4. The van der Waals surface area contributed by atoms with Crippen molar-refractivity contribution in [2.75, 3.05) is 0 Å². The third-order valence-electron chi connectivity index (χ3n) is 2.86. The number of hydrogen-bond acceptors (Lipinski definition) is 4. The van der Waals surface area contributed by atoms with Crippen LogP contribution in [0.2, 0.25) is 5.02 Å². The minimum Gasteiger partial charge on any atom is -0.242 e. The van der Waals surface area contributed by atoms with Crippen molar-refractivity contribution in [3.05, 3.63) is 57.6 Å². The molecule has 4 nitrogen and oxygen atoms in total. The zero-order chi connectivity index (χ0) is 15.2. The number of halogens is 2. The van der Waals surface area contributed by atoms with Gasteiger partial charge in [0, 0.05) is 15.6 Å². The monoisotopic (exact) mass is 326 g/mol. The lowest BCUT2D eigenvalue weighted by molar-refractivity contribution is -0.229. The number of carbonyl (C=O) groups excluding carboxylic acids is 2. The average molecular weight is 327 g/mol. The molecule has 0 saturated heterocycles. The first-order valence-corrected chi connectivity index (χ1v) is 7.06. The average Bonchev–Trinajstić information content (AvgIpc) is 2.70. The lowest BCUT2D eigenvalue weighted by atomic mass is 10.1. The zero-order valence-corrected chi connectivity index (χ0v) is 12.5. The van der Waals surface area contributed by atoms with Crippen LogP contribution in [-0.4, -0.2) is 11.9 Å². The van der Waals surface area contributed by atoms with Gasteiger partial charge in [0.1, 0.15) is 0 Å². The number of hydrogen-bond donors (Lipinski definition) is 0. The summed E-state index contributed by atoms with van der Waals surface area (Å²) in [6, 6.07) is 6.04. The van der Waals surface area contributed by atoms with Crippen LogP contribution in [0.4, 0.5) is 0 Å². The molecule has 21 heavy (non-hydrogen) atoms. The maximum atomic E-state index is 11.8. The summed E-state index contributed by atoms with van der Waals surface area (Å²) in [7, 11) is 0.